The highest BCUT2D eigenvalue weighted by molar-refractivity contribution is 5.48. The number of alkyl halides is 2. The summed E-state index contributed by atoms with van der Waals surface area (Å²) >= 11 is 0. The summed E-state index contributed by atoms with van der Waals surface area (Å²) in [6.45, 7) is 0.922. The molecule has 0 aromatic heterocycles. The van der Waals surface area contributed by atoms with E-state index in [2.05, 4.69) is 5.32 Å². The summed E-state index contributed by atoms with van der Waals surface area (Å²) < 4.78 is 40.2. The van der Waals surface area contributed by atoms with Gasteiger partial charge in [0.25, 0.3) is 0 Å². The average Bonchev–Trinajstić information content (AvgIpc) is 2.17. The monoisotopic (exact) mass is 219 g/mol. The van der Waals surface area contributed by atoms with Gasteiger partial charge in [0, 0.05) is 7.05 Å². The molecule has 0 aliphatic rings. The van der Waals surface area contributed by atoms with Crippen molar-refractivity contribution in [1.29, 1.82) is 0 Å². The predicted molar refractivity (Wildman–Crippen MR) is 51.5 cm³/mol. The molecule has 1 atom stereocenters. The molecule has 0 saturated heterocycles. The first-order chi connectivity index (χ1) is 6.91. The summed E-state index contributed by atoms with van der Waals surface area (Å²) in [4.78, 5) is 0. The maximum atomic E-state index is 13.5. The molecule has 5 heteroatoms. The lowest BCUT2D eigenvalue weighted by Crippen LogP contribution is -2.29. The average molecular weight is 219 g/mol. The molecule has 0 amide bonds. The first kappa shape index (κ1) is 11.8. The lowest BCUT2D eigenvalue weighted by atomic mass is 10.0. The highest BCUT2D eigenvalue weighted by Gasteiger charge is 2.40. The molecule has 0 aliphatic heterocycles. The molecule has 0 bridgehead atoms. The Kier molecular flexibility index (Phi) is 3.24. The molecule has 0 radical (unpaired) electrons. The maximum Gasteiger partial charge on any atom is 0.301 e. The van der Waals surface area contributed by atoms with Crippen LogP contribution in [0.15, 0.2) is 18.2 Å². The first-order valence-electron chi connectivity index (χ1n) is 4.44. The largest absolute Gasteiger partial charge is 0.387 e. The van der Waals surface area contributed by atoms with E-state index in [1.54, 1.807) is 0 Å². The quantitative estimate of drug-likeness (QED) is 0.817. The third-order valence-electron chi connectivity index (χ3n) is 2.15. The minimum absolute atomic E-state index is 0.0205. The summed E-state index contributed by atoms with van der Waals surface area (Å²) in [7, 11) is 1.43. The molecule has 2 N–H and O–H groups in total. The fourth-order valence-corrected chi connectivity index (χ4v) is 1.21. The molecular weight excluding hydrogens is 207 g/mol. The van der Waals surface area contributed by atoms with E-state index in [1.165, 1.54) is 19.2 Å². The molecule has 1 aromatic rings. The standard InChI is InChI=1S/C10H12F3NO/c1-6(15)10(12,13)7-4-3-5-8(14-2)9(7)11/h3-6,14-15H,1-2H3/t6-/m0/s1. The zero-order valence-electron chi connectivity index (χ0n) is 8.39. The minimum Gasteiger partial charge on any atom is -0.387 e. The SMILES string of the molecule is CNc1cccc(C(F)(F)[C@H](C)O)c1F. The lowest BCUT2D eigenvalue weighted by molar-refractivity contribution is -0.108. The second-order valence-electron chi connectivity index (χ2n) is 3.22. The smallest absolute Gasteiger partial charge is 0.301 e. The van der Waals surface area contributed by atoms with Crippen molar-refractivity contribution in [3.63, 3.8) is 0 Å². The van der Waals surface area contributed by atoms with Crippen LogP contribution >= 0.6 is 0 Å². The molecular formula is C10H12F3NO. The number of rotatable bonds is 3. The molecule has 0 fully saturated rings. The number of nitrogens with one attached hydrogen (secondary N) is 1. The van der Waals surface area contributed by atoms with E-state index < -0.39 is 23.4 Å². The number of aliphatic hydroxyl groups excluding tert-OH is 1. The molecule has 2 nitrogen and oxygen atoms in total. The van der Waals surface area contributed by atoms with Crippen LogP contribution in [0, 0.1) is 5.82 Å². The van der Waals surface area contributed by atoms with Crippen LogP contribution in [0.4, 0.5) is 18.9 Å². The second kappa shape index (κ2) is 4.10. The van der Waals surface area contributed by atoms with Gasteiger partial charge in [-0.3, -0.25) is 0 Å². The van der Waals surface area contributed by atoms with Gasteiger partial charge in [-0.15, -0.1) is 0 Å². The molecule has 0 unspecified atom stereocenters. The van der Waals surface area contributed by atoms with Crippen molar-refractivity contribution in [2.24, 2.45) is 0 Å². The molecule has 1 rings (SSSR count). The van der Waals surface area contributed by atoms with Gasteiger partial charge in [0.2, 0.25) is 0 Å². The highest BCUT2D eigenvalue weighted by Crippen LogP contribution is 2.35. The summed E-state index contributed by atoms with van der Waals surface area (Å²) in [6, 6.07) is 3.61. The van der Waals surface area contributed by atoms with Gasteiger partial charge in [-0.2, -0.15) is 8.78 Å². The third-order valence-corrected chi connectivity index (χ3v) is 2.15. The highest BCUT2D eigenvalue weighted by atomic mass is 19.3. The summed E-state index contributed by atoms with van der Waals surface area (Å²) in [5.41, 5.74) is -0.822. The number of hydrogen-bond donors (Lipinski definition) is 2. The van der Waals surface area contributed by atoms with Crippen molar-refractivity contribution >= 4 is 5.69 Å². The van der Waals surface area contributed by atoms with Gasteiger partial charge in [-0.25, -0.2) is 4.39 Å². The Morgan fingerprint density at radius 1 is 1.40 bits per heavy atom. The normalized spacial score (nSPS) is 13.7. The van der Waals surface area contributed by atoms with Gasteiger partial charge >= 0.3 is 5.92 Å². The Hall–Kier alpha value is -1.23. The van der Waals surface area contributed by atoms with E-state index in [4.69, 9.17) is 5.11 Å². The van der Waals surface area contributed by atoms with Gasteiger partial charge in [0.15, 0.2) is 5.82 Å². The second-order valence-corrected chi connectivity index (χ2v) is 3.22. The fraction of sp³-hybridized carbons (Fsp3) is 0.400. The maximum absolute atomic E-state index is 13.5. The van der Waals surface area contributed by atoms with E-state index in [-0.39, 0.29) is 5.69 Å². The molecule has 0 spiro atoms. The molecule has 0 aliphatic carbocycles. The van der Waals surface area contributed by atoms with Gasteiger partial charge in [0.1, 0.15) is 6.10 Å². The zero-order valence-corrected chi connectivity index (χ0v) is 8.39. The number of aliphatic hydroxyl groups is 1. The number of anilines is 1. The van der Waals surface area contributed by atoms with Crippen molar-refractivity contribution in [3.8, 4) is 0 Å². The van der Waals surface area contributed by atoms with Gasteiger partial charge in [-0.05, 0) is 19.1 Å². The van der Waals surface area contributed by atoms with E-state index in [0.29, 0.717) is 0 Å². The lowest BCUT2D eigenvalue weighted by Gasteiger charge is -2.21. The van der Waals surface area contributed by atoms with Crippen LogP contribution in [0.25, 0.3) is 0 Å². The molecule has 0 heterocycles. The van der Waals surface area contributed by atoms with Crippen LogP contribution in [0.3, 0.4) is 0 Å². The molecule has 15 heavy (non-hydrogen) atoms. The topological polar surface area (TPSA) is 32.3 Å². The van der Waals surface area contributed by atoms with Gasteiger partial charge < -0.3 is 10.4 Å². The van der Waals surface area contributed by atoms with E-state index in [9.17, 15) is 13.2 Å². The summed E-state index contributed by atoms with van der Waals surface area (Å²) in [6.07, 6.45) is -1.93. The summed E-state index contributed by atoms with van der Waals surface area (Å²) in [5, 5.41) is 11.3. The Morgan fingerprint density at radius 2 is 2.00 bits per heavy atom. The predicted octanol–water partition coefficient (Wildman–Crippen LogP) is 2.34. The van der Waals surface area contributed by atoms with Crippen LogP contribution in [-0.4, -0.2) is 18.3 Å². The minimum atomic E-state index is -3.59. The first-order valence-corrected chi connectivity index (χ1v) is 4.44. The van der Waals surface area contributed by atoms with Crippen LogP contribution in [0.1, 0.15) is 12.5 Å². The van der Waals surface area contributed by atoms with Crippen LogP contribution < -0.4 is 5.32 Å². The van der Waals surface area contributed by atoms with Crippen molar-refractivity contribution in [2.45, 2.75) is 19.0 Å². The van der Waals surface area contributed by atoms with Gasteiger partial charge in [0.05, 0.1) is 11.3 Å². The van der Waals surface area contributed by atoms with Crippen molar-refractivity contribution < 1.29 is 18.3 Å². The van der Waals surface area contributed by atoms with Crippen LogP contribution in [0.5, 0.6) is 0 Å². The Balaban J connectivity index is 3.26. The number of benzene rings is 1. The number of hydrogen-bond acceptors (Lipinski definition) is 2. The third kappa shape index (κ3) is 2.07. The van der Waals surface area contributed by atoms with E-state index >= 15 is 0 Å². The summed E-state index contributed by atoms with van der Waals surface area (Å²) in [5.74, 6) is -4.62. The van der Waals surface area contributed by atoms with E-state index in [0.717, 1.165) is 13.0 Å². The van der Waals surface area contributed by atoms with Crippen LogP contribution in [-0.2, 0) is 5.92 Å². The van der Waals surface area contributed by atoms with Gasteiger partial charge in [-0.1, -0.05) is 6.07 Å². The van der Waals surface area contributed by atoms with Crippen molar-refractivity contribution in [1.82, 2.24) is 0 Å². The van der Waals surface area contributed by atoms with Crippen LogP contribution in [0.2, 0.25) is 0 Å². The molecule has 0 saturated carbocycles. The Bertz CT molecular complexity index is 353. The van der Waals surface area contributed by atoms with Crippen molar-refractivity contribution in [3.05, 3.63) is 29.6 Å². The van der Waals surface area contributed by atoms with Crippen molar-refractivity contribution in [2.75, 3.05) is 12.4 Å². The molecule has 1 aromatic carbocycles. The molecule has 84 valence electrons. The Labute approximate surface area is 85.7 Å². The fourth-order valence-electron chi connectivity index (χ4n) is 1.21. The number of halogens is 3. The zero-order chi connectivity index (χ0) is 11.6. The Morgan fingerprint density at radius 3 is 2.47 bits per heavy atom. The van der Waals surface area contributed by atoms with E-state index in [1.807, 2.05) is 0 Å².